The molecule has 1 aliphatic rings. The topological polar surface area (TPSA) is 52.6 Å². The van der Waals surface area contributed by atoms with Crippen LogP contribution < -0.4 is 5.32 Å². The number of carbonyl (C=O) groups is 1. The largest absolute Gasteiger partial charge is 0.396 e. The van der Waals surface area contributed by atoms with Crippen LogP contribution in [0.3, 0.4) is 0 Å². The number of nitrogens with zero attached hydrogens (tertiary/aromatic N) is 1. The highest BCUT2D eigenvalue weighted by Gasteiger charge is 2.24. The molecular weight excluding hydrogens is 283 g/mol. The molecule has 0 atom stereocenters. The van der Waals surface area contributed by atoms with Crippen LogP contribution in [0.25, 0.3) is 0 Å². The first-order valence-corrected chi connectivity index (χ1v) is 7.90. The van der Waals surface area contributed by atoms with E-state index in [-0.39, 0.29) is 18.3 Å². The molecule has 1 saturated carbocycles. The van der Waals surface area contributed by atoms with Gasteiger partial charge in [-0.2, -0.15) is 0 Å². The first kappa shape index (κ1) is 16.9. The van der Waals surface area contributed by atoms with E-state index in [1.165, 1.54) is 12.1 Å². The molecule has 4 nitrogen and oxygen atoms in total. The van der Waals surface area contributed by atoms with E-state index in [0.717, 1.165) is 31.2 Å². The maximum absolute atomic E-state index is 12.8. The molecule has 0 bridgehead atoms. The lowest BCUT2D eigenvalue weighted by Gasteiger charge is -2.33. The maximum atomic E-state index is 12.8. The number of carbonyl (C=O) groups excluding carboxylic acids is 1. The van der Waals surface area contributed by atoms with E-state index in [1.807, 2.05) is 7.05 Å². The average Bonchev–Trinajstić information content (AvgIpc) is 2.54. The summed E-state index contributed by atoms with van der Waals surface area (Å²) in [7, 11) is 1.97. The maximum Gasteiger partial charge on any atom is 0.234 e. The van der Waals surface area contributed by atoms with Crippen molar-refractivity contribution in [1.29, 1.82) is 0 Å². The minimum atomic E-state index is -0.270. The summed E-state index contributed by atoms with van der Waals surface area (Å²) in [6.45, 7) is 1.06. The number of halogens is 1. The van der Waals surface area contributed by atoms with E-state index in [1.54, 1.807) is 12.1 Å². The second kappa shape index (κ2) is 8.25. The lowest BCUT2D eigenvalue weighted by atomic mass is 9.86. The van der Waals surface area contributed by atoms with Gasteiger partial charge in [-0.05, 0) is 56.3 Å². The summed E-state index contributed by atoms with van der Waals surface area (Å²) in [6, 6.07) is 6.56. The summed E-state index contributed by atoms with van der Waals surface area (Å²) in [6.07, 6.45) is 4.13. The molecule has 1 aliphatic carbocycles. The fraction of sp³-hybridized carbons (Fsp3) is 0.588. The molecular formula is C17H25FN2O2. The lowest BCUT2D eigenvalue weighted by molar-refractivity contribution is -0.122. The van der Waals surface area contributed by atoms with E-state index in [2.05, 4.69) is 10.2 Å². The van der Waals surface area contributed by atoms with Crippen molar-refractivity contribution in [3.63, 3.8) is 0 Å². The standard InChI is InChI=1S/C17H25FN2O2/c1-20(16-8-4-14(12-21)5-9-16)11-17(22)19-10-13-2-6-15(18)7-3-13/h2-3,6-7,14,16,21H,4-5,8-12H2,1H3,(H,19,22). The molecule has 0 saturated heterocycles. The van der Waals surface area contributed by atoms with Gasteiger partial charge in [0.05, 0.1) is 6.54 Å². The quantitative estimate of drug-likeness (QED) is 0.844. The van der Waals surface area contributed by atoms with Crippen molar-refractivity contribution in [2.24, 2.45) is 5.92 Å². The van der Waals surface area contributed by atoms with Gasteiger partial charge in [0.15, 0.2) is 0 Å². The molecule has 0 radical (unpaired) electrons. The Labute approximate surface area is 131 Å². The molecule has 2 N–H and O–H groups in total. The normalized spacial score (nSPS) is 21.8. The van der Waals surface area contributed by atoms with E-state index in [9.17, 15) is 9.18 Å². The molecule has 1 aromatic carbocycles. The number of likely N-dealkylation sites (N-methyl/N-ethyl adjacent to an activating group) is 1. The van der Waals surface area contributed by atoms with Crippen LogP contribution >= 0.6 is 0 Å². The van der Waals surface area contributed by atoms with Gasteiger partial charge in [-0.15, -0.1) is 0 Å². The van der Waals surface area contributed by atoms with Crippen LogP contribution in [0, 0.1) is 11.7 Å². The van der Waals surface area contributed by atoms with Crippen molar-refractivity contribution in [1.82, 2.24) is 10.2 Å². The Hall–Kier alpha value is -1.46. The van der Waals surface area contributed by atoms with Gasteiger partial charge >= 0.3 is 0 Å². The molecule has 5 heteroatoms. The van der Waals surface area contributed by atoms with Gasteiger partial charge in [0, 0.05) is 19.2 Å². The van der Waals surface area contributed by atoms with E-state index in [4.69, 9.17) is 5.11 Å². The third kappa shape index (κ3) is 5.07. The molecule has 1 fully saturated rings. The number of benzene rings is 1. The predicted octanol–water partition coefficient (Wildman–Crippen LogP) is 1.92. The van der Waals surface area contributed by atoms with Crippen molar-refractivity contribution in [2.75, 3.05) is 20.2 Å². The summed E-state index contributed by atoms with van der Waals surface area (Å²) in [4.78, 5) is 14.1. The van der Waals surface area contributed by atoms with Crippen LogP contribution in [0.15, 0.2) is 24.3 Å². The SMILES string of the molecule is CN(CC(=O)NCc1ccc(F)cc1)C1CCC(CO)CC1. The van der Waals surface area contributed by atoms with Crippen molar-refractivity contribution < 1.29 is 14.3 Å². The van der Waals surface area contributed by atoms with E-state index < -0.39 is 0 Å². The average molecular weight is 308 g/mol. The van der Waals surface area contributed by atoms with Gasteiger partial charge in [-0.25, -0.2) is 4.39 Å². The van der Waals surface area contributed by atoms with Crippen LogP contribution in [0.4, 0.5) is 4.39 Å². The zero-order valence-corrected chi connectivity index (χ0v) is 13.1. The Morgan fingerprint density at radius 2 is 1.91 bits per heavy atom. The summed E-state index contributed by atoms with van der Waals surface area (Å²) < 4.78 is 12.8. The Morgan fingerprint density at radius 1 is 1.27 bits per heavy atom. The molecule has 122 valence electrons. The molecule has 1 amide bonds. The van der Waals surface area contributed by atoms with Crippen molar-refractivity contribution in [3.05, 3.63) is 35.6 Å². The van der Waals surface area contributed by atoms with Crippen LogP contribution in [0.1, 0.15) is 31.2 Å². The number of nitrogens with one attached hydrogen (secondary N) is 1. The molecule has 0 spiro atoms. The van der Waals surface area contributed by atoms with Crippen LogP contribution in [0.2, 0.25) is 0 Å². The first-order valence-electron chi connectivity index (χ1n) is 7.90. The molecule has 0 aliphatic heterocycles. The number of hydrogen-bond donors (Lipinski definition) is 2. The number of aliphatic hydroxyl groups is 1. The van der Waals surface area contributed by atoms with Crippen molar-refractivity contribution in [2.45, 2.75) is 38.3 Å². The monoisotopic (exact) mass is 308 g/mol. The summed E-state index contributed by atoms with van der Waals surface area (Å²) in [5.41, 5.74) is 0.890. The summed E-state index contributed by atoms with van der Waals surface area (Å²) >= 11 is 0. The molecule has 0 unspecified atom stereocenters. The second-order valence-electron chi connectivity index (χ2n) is 6.18. The highest BCUT2D eigenvalue weighted by atomic mass is 19.1. The van der Waals surface area contributed by atoms with Crippen molar-refractivity contribution >= 4 is 5.91 Å². The Morgan fingerprint density at radius 3 is 2.50 bits per heavy atom. The van der Waals surface area contributed by atoms with Crippen molar-refractivity contribution in [3.8, 4) is 0 Å². The fourth-order valence-corrected chi connectivity index (χ4v) is 2.98. The zero-order valence-electron chi connectivity index (χ0n) is 13.1. The minimum absolute atomic E-state index is 0.0175. The Balaban J connectivity index is 1.71. The number of amides is 1. The first-order chi connectivity index (χ1) is 10.6. The third-order valence-corrected chi connectivity index (χ3v) is 4.49. The third-order valence-electron chi connectivity index (χ3n) is 4.49. The van der Waals surface area contributed by atoms with Crippen LogP contribution in [0.5, 0.6) is 0 Å². The number of aliphatic hydroxyl groups excluding tert-OH is 1. The van der Waals surface area contributed by atoms with Gasteiger partial charge in [0.1, 0.15) is 5.82 Å². The lowest BCUT2D eigenvalue weighted by Crippen LogP contribution is -2.42. The molecule has 22 heavy (non-hydrogen) atoms. The molecule has 0 heterocycles. The van der Waals surface area contributed by atoms with Gasteiger partial charge in [0.2, 0.25) is 5.91 Å². The van der Waals surface area contributed by atoms with E-state index >= 15 is 0 Å². The highest BCUT2D eigenvalue weighted by Crippen LogP contribution is 2.26. The Kier molecular flexibility index (Phi) is 6.34. The minimum Gasteiger partial charge on any atom is -0.396 e. The Bertz CT molecular complexity index is 470. The molecule has 2 rings (SSSR count). The molecule has 1 aromatic rings. The number of rotatable bonds is 6. The highest BCUT2D eigenvalue weighted by molar-refractivity contribution is 5.78. The van der Waals surface area contributed by atoms with Crippen LogP contribution in [-0.4, -0.2) is 42.2 Å². The predicted molar refractivity (Wildman–Crippen MR) is 83.7 cm³/mol. The van der Waals surface area contributed by atoms with Gasteiger partial charge in [-0.3, -0.25) is 9.69 Å². The van der Waals surface area contributed by atoms with E-state index in [0.29, 0.717) is 25.0 Å². The smallest absolute Gasteiger partial charge is 0.234 e. The summed E-state index contributed by atoms with van der Waals surface area (Å²) in [5, 5.41) is 12.0. The van der Waals surface area contributed by atoms with Gasteiger partial charge in [0.25, 0.3) is 0 Å². The molecule has 0 aromatic heterocycles. The second-order valence-corrected chi connectivity index (χ2v) is 6.18. The zero-order chi connectivity index (χ0) is 15.9. The van der Waals surface area contributed by atoms with Crippen LogP contribution in [-0.2, 0) is 11.3 Å². The van der Waals surface area contributed by atoms with Gasteiger partial charge < -0.3 is 10.4 Å². The fourth-order valence-electron chi connectivity index (χ4n) is 2.98. The number of hydrogen-bond acceptors (Lipinski definition) is 3. The van der Waals surface area contributed by atoms with Gasteiger partial charge in [-0.1, -0.05) is 12.1 Å². The summed E-state index contributed by atoms with van der Waals surface area (Å²) in [5.74, 6) is 0.140.